The summed E-state index contributed by atoms with van der Waals surface area (Å²) in [6.45, 7) is 4.30. The maximum Gasteiger partial charge on any atom is 0.220 e. The van der Waals surface area contributed by atoms with Crippen LogP contribution in [0, 0.1) is 0 Å². The number of hydrogen-bond acceptors (Lipinski definition) is 3. The lowest BCUT2D eigenvalue weighted by molar-refractivity contribution is 0.408. The SMILES string of the molecule is CC1CCCN1C1=NCCC=N1. The fourth-order valence-corrected chi connectivity index (χ4v) is 1.80. The lowest BCUT2D eigenvalue weighted by atomic mass is 10.2. The minimum atomic E-state index is 0.638. The molecule has 0 radical (unpaired) electrons. The number of aliphatic imine (C=N–C) groups is 2. The van der Waals surface area contributed by atoms with Crippen LogP contribution < -0.4 is 0 Å². The molecule has 1 saturated heterocycles. The van der Waals surface area contributed by atoms with E-state index in [9.17, 15) is 0 Å². The zero-order chi connectivity index (χ0) is 8.39. The van der Waals surface area contributed by atoms with Gasteiger partial charge in [0.05, 0.1) is 0 Å². The molecule has 0 aromatic rings. The fraction of sp³-hybridized carbons (Fsp3) is 0.778. The molecule has 0 aromatic heterocycles. The standard InChI is InChI=1S/C9H15N3/c1-8-4-2-7-12(8)9-10-5-3-6-11-9/h5,8H,2-4,6-7H2,1H3. The molecule has 1 fully saturated rings. The molecule has 2 rings (SSSR count). The van der Waals surface area contributed by atoms with Crippen LogP contribution in [0.3, 0.4) is 0 Å². The van der Waals surface area contributed by atoms with Crippen molar-refractivity contribution in [2.24, 2.45) is 9.98 Å². The summed E-state index contributed by atoms with van der Waals surface area (Å²) in [5.41, 5.74) is 0. The first-order chi connectivity index (χ1) is 5.88. The molecule has 1 unspecified atom stereocenters. The van der Waals surface area contributed by atoms with Crippen molar-refractivity contribution in [1.82, 2.24) is 4.90 Å². The Morgan fingerprint density at radius 2 is 2.50 bits per heavy atom. The Hall–Kier alpha value is -0.860. The number of likely N-dealkylation sites (tertiary alicyclic amines) is 1. The van der Waals surface area contributed by atoms with Crippen LogP contribution in [0.5, 0.6) is 0 Å². The van der Waals surface area contributed by atoms with E-state index in [0.717, 1.165) is 25.5 Å². The highest BCUT2D eigenvalue weighted by molar-refractivity contribution is 5.89. The molecule has 0 aromatic carbocycles. The van der Waals surface area contributed by atoms with Crippen LogP contribution in [0.4, 0.5) is 0 Å². The van der Waals surface area contributed by atoms with Crippen molar-refractivity contribution in [3.63, 3.8) is 0 Å². The molecule has 3 heteroatoms. The van der Waals surface area contributed by atoms with Gasteiger partial charge in [0.2, 0.25) is 5.96 Å². The van der Waals surface area contributed by atoms with Gasteiger partial charge in [0, 0.05) is 31.8 Å². The van der Waals surface area contributed by atoms with Crippen molar-refractivity contribution in [3.8, 4) is 0 Å². The quantitative estimate of drug-likeness (QED) is 0.531. The predicted octanol–water partition coefficient (Wildman–Crippen LogP) is 1.30. The third kappa shape index (κ3) is 1.36. The highest BCUT2D eigenvalue weighted by Gasteiger charge is 2.23. The second kappa shape index (κ2) is 3.25. The van der Waals surface area contributed by atoms with E-state index in [0.29, 0.717) is 6.04 Å². The van der Waals surface area contributed by atoms with Crippen LogP contribution >= 0.6 is 0 Å². The van der Waals surface area contributed by atoms with E-state index in [-0.39, 0.29) is 0 Å². The van der Waals surface area contributed by atoms with Gasteiger partial charge in [0.25, 0.3) is 0 Å². The number of nitrogens with zero attached hydrogens (tertiary/aromatic N) is 3. The molecule has 2 aliphatic heterocycles. The zero-order valence-corrected chi connectivity index (χ0v) is 7.53. The molecule has 0 bridgehead atoms. The maximum absolute atomic E-state index is 4.41. The van der Waals surface area contributed by atoms with E-state index in [2.05, 4.69) is 21.8 Å². The Bertz CT molecular complexity index is 220. The minimum Gasteiger partial charge on any atom is -0.338 e. The van der Waals surface area contributed by atoms with Crippen LogP contribution in [-0.2, 0) is 0 Å². The van der Waals surface area contributed by atoms with Gasteiger partial charge < -0.3 is 4.90 Å². The monoisotopic (exact) mass is 165 g/mol. The third-order valence-electron chi connectivity index (χ3n) is 2.53. The topological polar surface area (TPSA) is 28.0 Å². The Balaban J connectivity index is 2.07. The molecule has 12 heavy (non-hydrogen) atoms. The van der Waals surface area contributed by atoms with Crippen LogP contribution in [0.15, 0.2) is 9.98 Å². The lowest BCUT2D eigenvalue weighted by Crippen LogP contribution is -2.33. The van der Waals surface area contributed by atoms with Gasteiger partial charge in [-0.05, 0) is 19.8 Å². The summed E-state index contributed by atoms with van der Waals surface area (Å²) in [4.78, 5) is 11.0. The van der Waals surface area contributed by atoms with Gasteiger partial charge in [-0.25, -0.2) is 4.99 Å². The molecule has 0 spiro atoms. The number of guanidine groups is 1. The third-order valence-corrected chi connectivity index (χ3v) is 2.53. The summed E-state index contributed by atoms with van der Waals surface area (Å²) in [6, 6.07) is 0.638. The average molecular weight is 165 g/mol. The van der Waals surface area contributed by atoms with Crippen LogP contribution in [-0.4, -0.2) is 36.2 Å². The first-order valence-electron chi connectivity index (χ1n) is 4.71. The molecule has 66 valence electrons. The molecule has 1 atom stereocenters. The Labute approximate surface area is 73.2 Å². The van der Waals surface area contributed by atoms with Gasteiger partial charge in [-0.3, -0.25) is 4.99 Å². The van der Waals surface area contributed by atoms with Crippen molar-refractivity contribution < 1.29 is 0 Å². The van der Waals surface area contributed by atoms with Gasteiger partial charge in [-0.1, -0.05) is 0 Å². The lowest BCUT2D eigenvalue weighted by Gasteiger charge is -2.23. The second-order valence-corrected chi connectivity index (χ2v) is 3.47. The van der Waals surface area contributed by atoms with Gasteiger partial charge in [0.15, 0.2) is 0 Å². The van der Waals surface area contributed by atoms with Gasteiger partial charge in [0.1, 0.15) is 0 Å². The largest absolute Gasteiger partial charge is 0.338 e. The molecule has 0 N–H and O–H groups in total. The predicted molar refractivity (Wildman–Crippen MR) is 50.8 cm³/mol. The summed E-state index contributed by atoms with van der Waals surface area (Å²) < 4.78 is 0. The van der Waals surface area contributed by atoms with Crippen LogP contribution in [0.1, 0.15) is 26.2 Å². The molecular formula is C9H15N3. The highest BCUT2D eigenvalue weighted by Crippen LogP contribution is 2.17. The Morgan fingerprint density at radius 3 is 3.08 bits per heavy atom. The average Bonchev–Trinajstić information content (AvgIpc) is 2.53. The van der Waals surface area contributed by atoms with Crippen LogP contribution in [0.25, 0.3) is 0 Å². The molecule has 0 saturated carbocycles. The summed E-state index contributed by atoms with van der Waals surface area (Å²) in [6.07, 6.45) is 5.56. The number of rotatable bonds is 0. The Kier molecular flexibility index (Phi) is 2.11. The number of hydrogen-bond donors (Lipinski definition) is 0. The van der Waals surface area contributed by atoms with Crippen LogP contribution in [0.2, 0.25) is 0 Å². The molecule has 0 aliphatic carbocycles. The van der Waals surface area contributed by atoms with Crippen molar-refractivity contribution in [2.75, 3.05) is 13.1 Å². The van der Waals surface area contributed by atoms with Gasteiger partial charge in [-0.15, -0.1) is 0 Å². The van der Waals surface area contributed by atoms with Crippen molar-refractivity contribution in [1.29, 1.82) is 0 Å². The second-order valence-electron chi connectivity index (χ2n) is 3.47. The first kappa shape index (κ1) is 7.77. The van der Waals surface area contributed by atoms with E-state index in [1.54, 1.807) is 0 Å². The summed E-state index contributed by atoms with van der Waals surface area (Å²) in [5.74, 6) is 0.964. The van der Waals surface area contributed by atoms with E-state index in [4.69, 9.17) is 0 Å². The molecule has 3 nitrogen and oxygen atoms in total. The minimum absolute atomic E-state index is 0.638. The van der Waals surface area contributed by atoms with Crippen molar-refractivity contribution in [2.45, 2.75) is 32.2 Å². The summed E-state index contributed by atoms with van der Waals surface area (Å²) in [5, 5.41) is 0. The molecular weight excluding hydrogens is 150 g/mol. The molecule has 2 heterocycles. The Morgan fingerprint density at radius 1 is 1.58 bits per heavy atom. The van der Waals surface area contributed by atoms with E-state index < -0.39 is 0 Å². The highest BCUT2D eigenvalue weighted by atomic mass is 15.3. The van der Waals surface area contributed by atoms with Crippen molar-refractivity contribution >= 4 is 12.2 Å². The maximum atomic E-state index is 4.41. The van der Waals surface area contributed by atoms with E-state index in [1.807, 2.05) is 6.21 Å². The van der Waals surface area contributed by atoms with Gasteiger partial charge >= 0.3 is 0 Å². The summed E-state index contributed by atoms with van der Waals surface area (Å²) in [7, 11) is 0. The zero-order valence-electron chi connectivity index (χ0n) is 7.53. The van der Waals surface area contributed by atoms with Gasteiger partial charge in [-0.2, -0.15) is 0 Å². The molecule has 2 aliphatic rings. The normalized spacial score (nSPS) is 29.2. The first-order valence-corrected chi connectivity index (χ1v) is 4.71. The van der Waals surface area contributed by atoms with E-state index in [1.165, 1.54) is 12.8 Å². The fourth-order valence-electron chi connectivity index (χ4n) is 1.80. The van der Waals surface area contributed by atoms with Crippen molar-refractivity contribution in [3.05, 3.63) is 0 Å². The van der Waals surface area contributed by atoms with E-state index >= 15 is 0 Å². The summed E-state index contributed by atoms with van der Waals surface area (Å²) >= 11 is 0. The molecule has 0 amide bonds. The smallest absolute Gasteiger partial charge is 0.220 e.